The molecule has 1 aliphatic rings. The second-order valence-corrected chi connectivity index (χ2v) is 4.95. The van der Waals surface area contributed by atoms with Crippen molar-refractivity contribution in [3.05, 3.63) is 29.6 Å². The number of ether oxygens (including phenoxy) is 1. The van der Waals surface area contributed by atoms with Gasteiger partial charge in [0.2, 0.25) is 0 Å². The van der Waals surface area contributed by atoms with Crippen molar-refractivity contribution in [1.82, 2.24) is 5.32 Å². The predicted molar refractivity (Wildman–Crippen MR) is 78.9 cm³/mol. The molecule has 0 amide bonds. The lowest BCUT2D eigenvalue weighted by atomic mass is 9.90. The van der Waals surface area contributed by atoms with Crippen LogP contribution in [0.3, 0.4) is 0 Å². The van der Waals surface area contributed by atoms with Gasteiger partial charge in [-0.3, -0.25) is 0 Å². The highest BCUT2D eigenvalue weighted by atomic mass is 35.5. The van der Waals surface area contributed by atoms with Crippen molar-refractivity contribution in [3.8, 4) is 5.75 Å². The van der Waals surface area contributed by atoms with Gasteiger partial charge in [-0.05, 0) is 56.0 Å². The van der Waals surface area contributed by atoms with E-state index in [2.05, 4.69) is 12.2 Å². The lowest BCUT2D eigenvalue weighted by Gasteiger charge is -2.23. The molecular weight excluding hydrogens is 265 g/mol. The summed E-state index contributed by atoms with van der Waals surface area (Å²) in [6.45, 7) is 4.83. The minimum Gasteiger partial charge on any atom is -0.493 e. The molecule has 0 spiro atoms. The normalized spacial score (nSPS) is 15.9. The summed E-state index contributed by atoms with van der Waals surface area (Å²) in [5, 5.41) is 3.33. The number of rotatable bonds is 5. The van der Waals surface area contributed by atoms with Crippen LogP contribution in [0.25, 0.3) is 0 Å². The van der Waals surface area contributed by atoms with Crippen LogP contribution in [0.15, 0.2) is 18.2 Å². The zero-order chi connectivity index (χ0) is 12.8. The SMILES string of the molecule is CCCCOc1cc(F)cc(C2CCNCC2)c1.Cl. The van der Waals surface area contributed by atoms with Crippen molar-refractivity contribution < 1.29 is 9.13 Å². The van der Waals surface area contributed by atoms with E-state index in [9.17, 15) is 4.39 Å². The molecule has 108 valence electrons. The third kappa shape index (κ3) is 5.00. The van der Waals surface area contributed by atoms with Gasteiger partial charge in [0, 0.05) is 6.07 Å². The predicted octanol–water partition coefficient (Wildman–Crippen LogP) is 3.89. The fourth-order valence-corrected chi connectivity index (χ4v) is 2.39. The van der Waals surface area contributed by atoms with E-state index in [4.69, 9.17) is 4.74 Å². The van der Waals surface area contributed by atoms with Gasteiger partial charge >= 0.3 is 0 Å². The number of piperidine rings is 1. The van der Waals surface area contributed by atoms with Crippen molar-refractivity contribution in [2.45, 2.75) is 38.5 Å². The highest BCUT2D eigenvalue weighted by Crippen LogP contribution is 2.29. The zero-order valence-electron chi connectivity index (χ0n) is 11.5. The van der Waals surface area contributed by atoms with Gasteiger partial charge in [-0.2, -0.15) is 0 Å². The molecule has 2 nitrogen and oxygen atoms in total. The maximum absolute atomic E-state index is 13.6. The summed E-state index contributed by atoms with van der Waals surface area (Å²) < 4.78 is 19.2. The largest absolute Gasteiger partial charge is 0.493 e. The molecule has 0 radical (unpaired) electrons. The average Bonchev–Trinajstić information content (AvgIpc) is 2.39. The van der Waals surface area contributed by atoms with Crippen molar-refractivity contribution in [3.63, 3.8) is 0 Å². The van der Waals surface area contributed by atoms with Crippen LogP contribution in [0.4, 0.5) is 4.39 Å². The molecule has 0 bridgehead atoms. The van der Waals surface area contributed by atoms with Gasteiger partial charge in [-0.25, -0.2) is 4.39 Å². The molecule has 1 saturated heterocycles. The summed E-state index contributed by atoms with van der Waals surface area (Å²) in [6, 6.07) is 5.15. The first-order valence-electron chi connectivity index (χ1n) is 6.93. The van der Waals surface area contributed by atoms with Gasteiger partial charge < -0.3 is 10.1 Å². The summed E-state index contributed by atoms with van der Waals surface area (Å²) in [4.78, 5) is 0. The molecule has 1 heterocycles. The Morgan fingerprint density at radius 3 is 2.68 bits per heavy atom. The maximum Gasteiger partial charge on any atom is 0.127 e. The molecule has 2 rings (SSSR count). The van der Waals surface area contributed by atoms with Gasteiger partial charge in [0.1, 0.15) is 11.6 Å². The van der Waals surface area contributed by atoms with E-state index >= 15 is 0 Å². The number of unbranched alkanes of at least 4 members (excludes halogenated alkanes) is 1. The third-order valence-corrected chi connectivity index (χ3v) is 3.47. The van der Waals surface area contributed by atoms with Crippen molar-refractivity contribution in [1.29, 1.82) is 0 Å². The Morgan fingerprint density at radius 1 is 1.26 bits per heavy atom. The number of halogens is 2. The smallest absolute Gasteiger partial charge is 0.127 e. The van der Waals surface area contributed by atoms with E-state index in [0.717, 1.165) is 44.3 Å². The standard InChI is InChI=1S/C15H22FNO.ClH/c1-2-3-8-18-15-10-13(9-14(16)11-15)12-4-6-17-7-5-12;/h9-12,17H,2-8H2,1H3;1H. The minimum atomic E-state index is -0.183. The third-order valence-electron chi connectivity index (χ3n) is 3.47. The molecule has 1 aromatic rings. The lowest BCUT2D eigenvalue weighted by Crippen LogP contribution is -2.26. The zero-order valence-corrected chi connectivity index (χ0v) is 12.3. The van der Waals surface area contributed by atoms with Gasteiger partial charge in [-0.15, -0.1) is 12.4 Å². The quantitative estimate of drug-likeness (QED) is 0.830. The topological polar surface area (TPSA) is 21.3 Å². The molecule has 1 aromatic carbocycles. The maximum atomic E-state index is 13.6. The Morgan fingerprint density at radius 2 is 2.00 bits per heavy atom. The Labute approximate surface area is 121 Å². The van der Waals surface area contributed by atoms with Gasteiger partial charge in [0.05, 0.1) is 6.61 Å². The Kier molecular flexibility index (Phi) is 7.17. The molecule has 0 unspecified atom stereocenters. The molecule has 0 aliphatic carbocycles. The summed E-state index contributed by atoms with van der Waals surface area (Å²) in [5.41, 5.74) is 1.09. The van der Waals surface area contributed by atoms with Crippen molar-refractivity contribution >= 4 is 12.4 Å². The summed E-state index contributed by atoms with van der Waals surface area (Å²) >= 11 is 0. The first kappa shape index (κ1) is 16.3. The highest BCUT2D eigenvalue weighted by Gasteiger charge is 2.16. The Bertz CT molecular complexity index is 380. The van der Waals surface area contributed by atoms with Gasteiger partial charge in [0.15, 0.2) is 0 Å². The van der Waals surface area contributed by atoms with Crippen molar-refractivity contribution in [2.24, 2.45) is 0 Å². The summed E-state index contributed by atoms with van der Waals surface area (Å²) in [5.74, 6) is 0.963. The first-order chi connectivity index (χ1) is 8.79. The van der Waals surface area contributed by atoms with E-state index in [1.165, 1.54) is 6.07 Å². The molecule has 1 aliphatic heterocycles. The Balaban J connectivity index is 0.00000180. The van der Waals surface area contributed by atoms with Crippen LogP contribution < -0.4 is 10.1 Å². The van der Waals surface area contributed by atoms with E-state index in [-0.39, 0.29) is 18.2 Å². The van der Waals surface area contributed by atoms with E-state index < -0.39 is 0 Å². The molecule has 0 aromatic heterocycles. The molecular formula is C15H23ClFNO. The average molecular weight is 288 g/mol. The molecule has 0 atom stereocenters. The van der Waals surface area contributed by atoms with Crippen LogP contribution in [-0.4, -0.2) is 19.7 Å². The lowest BCUT2D eigenvalue weighted by molar-refractivity contribution is 0.307. The minimum absolute atomic E-state index is 0. The molecule has 19 heavy (non-hydrogen) atoms. The van der Waals surface area contributed by atoms with Crippen LogP contribution in [0.5, 0.6) is 5.75 Å². The van der Waals surface area contributed by atoms with Gasteiger partial charge in [0.25, 0.3) is 0 Å². The van der Waals surface area contributed by atoms with E-state index in [1.54, 1.807) is 6.07 Å². The van der Waals surface area contributed by atoms with Crippen LogP contribution in [0, 0.1) is 5.82 Å². The molecule has 1 fully saturated rings. The molecule has 0 saturated carbocycles. The molecule has 4 heteroatoms. The van der Waals surface area contributed by atoms with Crippen molar-refractivity contribution in [2.75, 3.05) is 19.7 Å². The van der Waals surface area contributed by atoms with Gasteiger partial charge in [-0.1, -0.05) is 13.3 Å². The number of benzene rings is 1. The highest BCUT2D eigenvalue weighted by molar-refractivity contribution is 5.85. The first-order valence-corrected chi connectivity index (χ1v) is 6.93. The number of nitrogens with one attached hydrogen (secondary N) is 1. The number of hydrogen-bond donors (Lipinski definition) is 1. The van der Waals surface area contributed by atoms with Crippen LogP contribution >= 0.6 is 12.4 Å². The number of hydrogen-bond acceptors (Lipinski definition) is 2. The van der Waals surface area contributed by atoms with Crippen LogP contribution in [0.1, 0.15) is 44.1 Å². The second kappa shape index (κ2) is 8.39. The fourth-order valence-electron chi connectivity index (χ4n) is 2.39. The van der Waals surface area contributed by atoms with E-state index in [0.29, 0.717) is 18.3 Å². The van der Waals surface area contributed by atoms with Crippen LogP contribution in [0.2, 0.25) is 0 Å². The second-order valence-electron chi connectivity index (χ2n) is 4.95. The monoisotopic (exact) mass is 287 g/mol. The molecule has 1 N–H and O–H groups in total. The van der Waals surface area contributed by atoms with Crippen LogP contribution in [-0.2, 0) is 0 Å². The fraction of sp³-hybridized carbons (Fsp3) is 0.600. The van der Waals surface area contributed by atoms with E-state index in [1.807, 2.05) is 6.07 Å². The Hall–Kier alpha value is -0.800. The summed E-state index contributed by atoms with van der Waals surface area (Å²) in [6.07, 6.45) is 4.27. The summed E-state index contributed by atoms with van der Waals surface area (Å²) in [7, 11) is 0.